The molecule has 5 atom stereocenters. The fourth-order valence-electron chi connectivity index (χ4n) is 4.73. The quantitative estimate of drug-likeness (QED) is 0.117. The van der Waals surface area contributed by atoms with Crippen molar-refractivity contribution in [3.8, 4) is 5.75 Å². The van der Waals surface area contributed by atoms with Gasteiger partial charge in [-0.25, -0.2) is 4.79 Å². The number of aromatic hydroxyl groups is 1. The molecule has 13 heteroatoms. The average Bonchev–Trinajstić information content (AvgIpc) is 3.40. The third-order valence-corrected chi connectivity index (χ3v) is 7.52. The fourth-order valence-corrected chi connectivity index (χ4v) is 4.73. The lowest BCUT2D eigenvalue weighted by atomic mass is 9.96. The van der Waals surface area contributed by atoms with E-state index in [9.17, 15) is 39.3 Å². The van der Waals surface area contributed by atoms with Crippen LogP contribution in [0.2, 0.25) is 0 Å². The predicted octanol–water partition coefficient (Wildman–Crippen LogP) is 1.44. The first-order chi connectivity index (χ1) is 20.9. The van der Waals surface area contributed by atoms with Crippen molar-refractivity contribution in [2.45, 2.75) is 70.1 Å². The number of para-hydroxylation sites is 1. The first-order valence-corrected chi connectivity index (χ1v) is 14.3. The van der Waals surface area contributed by atoms with Crippen LogP contribution >= 0.6 is 0 Å². The second-order valence-electron chi connectivity index (χ2n) is 10.8. The van der Waals surface area contributed by atoms with Gasteiger partial charge in [-0.1, -0.05) is 50.6 Å². The highest BCUT2D eigenvalue weighted by Gasteiger charge is 2.33. The van der Waals surface area contributed by atoms with Gasteiger partial charge in [0.05, 0.1) is 6.04 Å². The van der Waals surface area contributed by atoms with Crippen molar-refractivity contribution in [3.05, 3.63) is 65.9 Å². The highest BCUT2D eigenvalue weighted by Crippen LogP contribution is 2.19. The molecule has 0 aliphatic rings. The number of benzene rings is 2. The lowest BCUT2D eigenvalue weighted by Gasteiger charge is -2.28. The maximum absolute atomic E-state index is 13.5. The van der Waals surface area contributed by atoms with Crippen molar-refractivity contribution in [1.82, 2.24) is 20.9 Å². The van der Waals surface area contributed by atoms with Crippen LogP contribution in [0.25, 0.3) is 10.9 Å². The number of phenols is 1. The number of nitrogens with one attached hydrogen (secondary N) is 4. The molecule has 0 spiro atoms. The van der Waals surface area contributed by atoms with Crippen LogP contribution in [0, 0.1) is 5.92 Å². The van der Waals surface area contributed by atoms with E-state index in [2.05, 4.69) is 20.9 Å². The van der Waals surface area contributed by atoms with Gasteiger partial charge in [-0.05, 0) is 48.1 Å². The molecule has 13 nitrogen and oxygen atoms in total. The average molecular weight is 610 g/mol. The van der Waals surface area contributed by atoms with E-state index in [-0.39, 0.29) is 30.9 Å². The summed E-state index contributed by atoms with van der Waals surface area (Å²) in [5.41, 5.74) is 8.46. The van der Waals surface area contributed by atoms with Gasteiger partial charge in [0.2, 0.25) is 17.7 Å². The molecule has 44 heavy (non-hydrogen) atoms. The van der Waals surface area contributed by atoms with Gasteiger partial charge in [-0.15, -0.1) is 0 Å². The van der Waals surface area contributed by atoms with E-state index in [1.165, 1.54) is 24.3 Å². The van der Waals surface area contributed by atoms with Crippen LogP contribution in [0.1, 0.15) is 44.2 Å². The SMILES string of the molecule is CCC(C)C(NC(=O)C(N)Cc1c[nH]c2ccccc12)C(=O)NC(CCC(=O)O)C(=O)NC(Cc1ccc(O)cc1)C(=O)O. The number of aliphatic carboxylic acids is 2. The van der Waals surface area contributed by atoms with Crippen molar-refractivity contribution in [3.63, 3.8) is 0 Å². The number of fused-ring (bicyclic) bond motifs is 1. The van der Waals surface area contributed by atoms with Crippen LogP contribution in [0.5, 0.6) is 5.75 Å². The highest BCUT2D eigenvalue weighted by atomic mass is 16.4. The normalized spacial score (nSPS) is 14.5. The Kier molecular flexibility index (Phi) is 11.9. The first kappa shape index (κ1) is 33.6. The molecule has 3 amide bonds. The van der Waals surface area contributed by atoms with Crippen LogP contribution in [-0.2, 0) is 36.8 Å². The molecule has 236 valence electrons. The number of H-pyrrole nitrogens is 1. The molecule has 0 saturated heterocycles. The summed E-state index contributed by atoms with van der Waals surface area (Å²) in [6, 6.07) is 8.43. The maximum Gasteiger partial charge on any atom is 0.326 e. The molecule has 0 bridgehead atoms. The van der Waals surface area contributed by atoms with Crippen molar-refractivity contribution in [2.75, 3.05) is 0 Å². The Morgan fingerprint density at radius 1 is 0.864 bits per heavy atom. The zero-order chi connectivity index (χ0) is 32.4. The standard InChI is InChI=1S/C31H39N5O8/c1-3-17(2)27(36-28(40)22(32)15-19-16-33-23-7-5-4-6-21(19)23)30(42)34-24(12-13-26(38)39)29(41)35-25(31(43)44)14-18-8-10-20(37)11-9-18/h4-11,16-17,22,24-25,27,33,37H,3,12-15,32H2,1-2H3,(H,34,42)(H,35,41)(H,36,40)(H,38,39)(H,43,44). The Morgan fingerprint density at radius 2 is 1.52 bits per heavy atom. The summed E-state index contributed by atoms with van der Waals surface area (Å²) in [6.45, 7) is 3.55. The summed E-state index contributed by atoms with van der Waals surface area (Å²) in [4.78, 5) is 66.1. The number of carboxylic acids is 2. The molecule has 9 N–H and O–H groups in total. The van der Waals surface area contributed by atoms with E-state index in [1.807, 2.05) is 31.2 Å². The number of amides is 3. The smallest absolute Gasteiger partial charge is 0.326 e. The topological polar surface area (TPSA) is 224 Å². The Hall–Kier alpha value is -4.91. The number of carbonyl (C=O) groups excluding carboxylic acids is 3. The molecule has 0 radical (unpaired) electrons. The van der Waals surface area contributed by atoms with Gasteiger partial charge in [0.15, 0.2) is 0 Å². The van der Waals surface area contributed by atoms with Crippen LogP contribution < -0.4 is 21.7 Å². The summed E-state index contributed by atoms with van der Waals surface area (Å²) in [6.07, 6.45) is 1.53. The van der Waals surface area contributed by atoms with E-state index in [1.54, 1.807) is 13.1 Å². The third kappa shape index (κ3) is 9.30. The summed E-state index contributed by atoms with van der Waals surface area (Å²) in [7, 11) is 0. The van der Waals surface area contributed by atoms with Crippen molar-refractivity contribution in [2.24, 2.45) is 11.7 Å². The van der Waals surface area contributed by atoms with Crippen LogP contribution in [0.15, 0.2) is 54.7 Å². The van der Waals surface area contributed by atoms with Crippen molar-refractivity contribution in [1.29, 1.82) is 0 Å². The second-order valence-corrected chi connectivity index (χ2v) is 10.8. The first-order valence-electron chi connectivity index (χ1n) is 14.3. The molecule has 3 rings (SSSR count). The van der Waals surface area contributed by atoms with E-state index < -0.39 is 60.2 Å². The number of hydrogen-bond acceptors (Lipinski definition) is 7. The molecule has 0 saturated carbocycles. The lowest BCUT2D eigenvalue weighted by Crippen LogP contribution is -2.59. The third-order valence-electron chi connectivity index (χ3n) is 7.52. The molecule has 1 heterocycles. The number of carboxylic acid groups (broad SMARTS) is 2. The van der Waals surface area contributed by atoms with Crippen molar-refractivity contribution < 1.29 is 39.3 Å². The molecule has 1 aromatic heterocycles. The van der Waals surface area contributed by atoms with Crippen molar-refractivity contribution >= 4 is 40.6 Å². The Labute approximate surface area is 254 Å². The summed E-state index contributed by atoms with van der Waals surface area (Å²) >= 11 is 0. The number of carbonyl (C=O) groups is 5. The van der Waals surface area contributed by atoms with E-state index in [4.69, 9.17) is 5.73 Å². The van der Waals surface area contributed by atoms with Gasteiger partial charge in [0, 0.05) is 29.9 Å². The Morgan fingerprint density at radius 3 is 2.16 bits per heavy atom. The minimum Gasteiger partial charge on any atom is -0.508 e. The zero-order valence-corrected chi connectivity index (χ0v) is 24.6. The summed E-state index contributed by atoms with van der Waals surface area (Å²) in [5.74, 6) is -5.16. The van der Waals surface area contributed by atoms with E-state index >= 15 is 0 Å². The molecule has 0 aliphatic carbocycles. The minimum absolute atomic E-state index is 0.0111. The van der Waals surface area contributed by atoms with Gasteiger partial charge >= 0.3 is 11.9 Å². The Bertz CT molecular complexity index is 1470. The minimum atomic E-state index is -1.40. The van der Waals surface area contributed by atoms with Gasteiger partial charge in [-0.2, -0.15) is 0 Å². The largest absolute Gasteiger partial charge is 0.508 e. The number of phenolic OH excluding ortho intramolecular Hbond substituents is 1. The van der Waals surface area contributed by atoms with E-state index in [0.29, 0.717) is 12.0 Å². The predicted molar refractivity (Wildman–Crippen MR) is 162 cm³/mol. The molecule has 3 aromatic rings. The highest BCUT2D eigenvalue weighted by molar-refractivity contribution is 5.94. The van der Waals surface area contributed by atoms with Gasteiger partial charge in [0.1, 0.15) is 23.9 Å². The molecule has 0 aliphatic heterocycles. The molecule has 5 unspecified atom stereocenters. The van der Waals surface area contributed by atoms with Gasteiger partial charge in [-0.3, -0.25) is 19.2 Å². The fraction of sp³-hybridized carbons (Fsp3) is 0.387. The Balaban J connectivity index is 1.72. The van der Waals surface area contributed by atoms with Gasteiger partial charge < -0.3 is 42.0 Å². The maximum atomic E-state index is 13.5. The second kappa shape index (κ2) is 15.5. The molecular weight excluding hydrogens is 570 g/mol. The molecule has 0 fully saturated rings. The van der Waals surface area contributed by atoms with Gasteiger partial charge in [0.25, 0.3) is 0 Å². The number of aromatic amines is 1. The van der Waals surface area contributed by atoms with Crippen LogP contribution in [0.4, 0.5) is 0 Å². The number of aromatic nitrogens is 1. The molecular formula is C31H39N5O8. The van der Waals surface area contributed by atoms with Crippen LogP contribution in [-0.4, -0.2) is 74.1 Å². The zero-order valence-electron chi connectivity index (χ0n) is 24.6. The number of hydrogen-bond donors (Lipinski definition) is 8. The molecule has 2 aromatic carbocycles. The van der Waals surface area contributed by atoms with Crippen LogP contribution in [0.3, 0.4) is 0 Å². The number of rotatable bonds is 16. The number of nitrogens with two attached hydrogens (primary N) is 1. The monoisotopic (exact) mass is 609 g/mol. The van der Waals surface area contributed by atoms with E-state index in [0.717, 1.165) is 16.5 Å². The summed E-state index contributed by atoms with van der Waals surface area (Å²) in [5, 5.41) is 36.9. The lowest BCUT2D eigenvalue weighted by molar-refractivity contribution is -0.143. The summed E-state index contributed by atoms with van der Waals surface area (Å²) < 4.78 is 0.